The predicted molar refractivity (Wildman–Crippen MR) is 116 cm³/mol. The predicted octanol–water partition coefficient (Wildman–Crippen LogP) is -1.17. The van der Waals surface area contributed by atoms with Gasteiger partial charge in [0.1, 0.15) is 24.9 Å². The van der Waals surface area contributed by atoms with Crippen LogP contribution in [0.25, 0.3) is 0 Å². The average Bonchev–Trinajstić information content (AvgIpc) is 2.95. The number of hydrogen-bond acceptors (Lipinski definition) is 12. The molecule has 0 saturated carbocycles. The number of ether oxygens (including phenoxy) is 4. The molecule has 0 aromatic carbocycles. The van der Waals surface area contributed by atoms with Gasteiger partial charge < -0.3 is 57.2 Å². The number of nitrogens with zero attached hydrogens (tertiary/aromatic N) is 1. The third kappa shape index (κ3) is 10.9. The first-order chi connectivity index (χ1) is 14.5. The number of nitrogens with one attached hydrogen (secondary N) is 1. The Kier molecular flexibility index (Phi) is 15.1. The molecule has 0 radical (unpaired) electrons. The van der Waals surface area contributed by atoms with Gasteiger partial charge in [-0.25, -0.2) is 9.36 Å². The van der Waals surface area contributed by atoms with Gasteiger partial charge >= 0.3 is 19.5 Å². The third-order valence-electron chi connectivity index (χ3n) is 4.34. The van der Waals surface area contributed by atoms with Crippen molar-refractivity contribution in [2.75, 3.05) is 13.2 Å². The Bertz CT molecular complexity index is 891. The van der Waals surface area contributed by atoms with E-state index >= 15 is 0 Å². The highest BCUT2D eigenvalue weighted by atomic mass is 31.2. The molecule has 3 rings (SSSR count). The van der Waals surface area contributed by atoms with Crippen LogP contribution in [0.3, 0.4) is 0 Å². The molecule has 1 aromatic heterocycles. The molecule has 2 aliphatic heterocycles. The number of aromatic nitrogens is 2. The molecule has 34 heavy (non-hydrogen) atoms. The monoisotopic (exact) mass is 519 g/mol. The van der Waals surface area contributed by atoms with Crippen molar-refractivity contribution in [2.24, 2.45) is 0 Å². The second-order valence-corrected chi connectivity index (χ2v) is 7.81. The van der Waals surface area contributed by atoms with Gasteiger partial charge in [-0.1, -0.05) is 0 Å². The van der Waals surface area contributed by atoms with Crippen molar-refractivity contribution in [3.05, 3.63) is 33.1 Å². The minimum absolute atomic E-state index is 0. The Balaban J connectivity index is 0. The van der Waals surface area contributed by atoms with Gasteiger partial charge in [-0.3, -0.25) is 19.1 Å². The standard InChI is InChI=1S/C16H22N2O8.3H3N.H3O4P/c1-9(19)24-8-10-13(21)14(26-12-4-2-3-7-23-12)15(25-10)18-6-5-11(20)17-16(18)22;;;;1-5(2,3)4/h5-6,10,12-15,21H,2-4,7-8H2,1H3,(H,17,20,22);3*1H3;(H3,1,2,3,4)/t10-,12?,13-,14-,15-;;;;/m1..../s1. The normalized spacial score (nSPS) is 26.0. The van der Waals surface area contributed by atoms with Crippen LogP contribution in [0.5, 0.6) is 0 Å². The van der Waals surface area contributed by atoms with Crippen LogP contribution < -0.4 is 29.7 Å². The molecular formula is C16H34N5O12P. The Morgan fingerprint density at radius 3 is 2.35 bits per heavy atom. The summed E-state index contributed by atoms with van der Waals surface area (Å²) in [5.41, 5.74) is -1.24. The number of H-pyrrole nitrogens is 1. The summed E-state index contributed by atoms with van der Waals surface area (Å²) in [7, 11) is -4.64. The SMILES string of the molecule is CC(=O)OC[C@H]1O[C@@H](n2ccc(=O)[nH]c2=O)[C@H](OC2CCCCO2)[C@@H]1O.N.N.N.O=P(O)(O)O. The first kappa shape index (κ1) is 34.1. The lowest BCUT2D eigenvalue weighted by molar-refractivity contribution is -0.215. The Morgan fingerprint density at radius 2 is 1.85 bits per heavy atom. The second kappa shape index (κ2) is 15.1. The van der Waals surface area contributed by atoms with Crippen LogP contribution in [0.1, 0.15) is 32.4 Å². The Labute approximate surface area is 194 Å². The van der Waals surface area contributed by atoms with Gasteiger partial charge in [-0.2, -0.15) is 0 Å². The lowest BCUT2D eigenvalue weighted by Gasteiger charge is -2.29. The van der Waals surface area contributed by atoms with Gasteiger partial charge in [0, 0.05) is 25.8 Å². The van der Waals surface area contributed by atoms with Crippen LogP contribution in [0.4, 0.5) is 0 Å². The number of rotatable bonds is 5. The molecule has 3 heterocycles. The van der Waals surface area contributed by atoms with Gasteiger partial charge in [0.15, 0.2) is 12.5 Å². The molecule has 2 aliphatic rings. The molecule has 0 spiro atoms. The second-order valence-electron chi connectivity index (χ2n) is 6.79. The zero-order chi connectivity index (χ0) is 23.2. The van der Waals surface area contributed by atoms with E-state index in [0.717, 1.165) is 17.4 Å². The molecule has 2 saturated heterocycles. The molecule has 18 heteroatoms. The largest absolute Gasteiger partial charge is 0.466 e. The topological polar surface area (TPSA) is 312 Å². The number of aliphatic hydroxyl groups excluding tert-OH is 1. The van der Waals surface area contributed by atoms with E-state index in [1.807, 2.05) is 0 Å². The fraction of sp³-hybridized carbons (Fsp3) is 0.688. The van der Waals surface area contributed by atoms with Crippen LogP contribution in [0.15, 0.2) is 21.9 Å². The van der Waals surface area contributed by atoms with Crippen molar-refractivity contribution in [2.45, 2.75) is 57.0 Å². The maximum absolute atomic E-state index is 12.1. The smallest absolute Gasteiger partial charge is 0.463 e. The number of hydrogen-bond donors (Lipinski definition) is 8. The van der Waals surface area contributed by atoms with E-state index in [9.17, 15) is 19.5 Å². The fourth-order valence-corrected chi connectivity index (χ4v) is 3.05. The molecule has 17 nitrogen and oxygen atoms in total. The quantitative estimate of drug-likeness (QED) is 0.168. The number of aliphatic hydroxyl groups is 1. The van der Waals surface area contributed by atoms with Gasteiger partial charge in [0.25, 0.3) is 5.56 Å². The minimum atomic E-state index is -4.64. The van der Waals surface area contributed by atoms with E-state index in [-0.39, 0.29) is 25.1 Å². The fourth-order valence-electron chi connectivity index (χ4n) is 3.05. The average molecular weight is 519 g/mol. The summed E-state index contributed by atoms with van der Waals surface area (Å²) >= 11 is 0. The van der Waals surface area contributed by atoms with Crippen molar-refractivity contribution >= 4 is 13.8 Å². The van der Waals surface area contributed by atoms with Gasteiger partial charge in [0.05, 0.1) is 0 Å². The maximum atomic E-state index is 12.1. The number of phosphoric acid groups is 1. The summed E-state index contributed by atoms with van der Waals surface area (Å²) in [4.78, 5) is 58.2. The lowest BCUT2D eigenvalue weighted by atomic mass is 10.1. The summed E-state index contributed by atoms with van der Waals surface area (Å²) in [5.74, 6) is -0.515. The summed E-state index contributed by atoms with van der Waals surface area (Å²) in [6, 6.07) is 1.17. The molecule has 2 fully saturated rings. The van der Waals surface area contributed by atoms with Crippen LogP contribution >= 0.6 is 7.82 Å². The molecule has 14 N–H and O–H groups in total. The molecular weight excluding hydrogens is 485 g/mol. The molecule has 1 aromatic rings. The van der Waals surface area contributed by atoms with E-state index in [0.29, 0.717) is 13.0 Å². The number of carbonyl (C=O) groups excluding carboxylic acids is 1. The van der Waals surface area contributed by atoms with E-state index in [1.54, 1.807) is 0 Å². The van der Waals surface area contributed by atoms with E-state index in [2.05, 4.69) is 4.98 Å². The summed E-state index contributed by atoms with van der Waals surface area (Å²) in [5, 5.41) is 10.6. The lowest BCUT2D eigenvalue weighted by Crippen LogP contribution is -2.42. The first-order valence-electron chi connectivity index (χ1n) is 9.29. The third-order valence-corrected chi connectivity index (χ3v) is 4.34. The van der Waals surface area contributed by atoms with Gasteiger partial charge in [0.2, 0.25) is 0 Å². The van der Waals surface area contributed by atoms with E-state index in [1.165, 1.54) is 19.2 Å². The Morgan fingerprint density at radius 1 is 1.24 bits per heavy atom. The first-order valence-corrected chi connectivity index (χ1v) is 10.9. The molecule has 0 amide bonds. The van der Waals surface area contributed by atoms with Crippen LogP contribution in [0, 0.1) is 0 Å². The minimum Gasteiger partial charge on any atom is -0.463 e. The Hall–Kier alpha value is -2.02. The summed E-state index contributed by atoms with van der Waals surface area (Å²) in [6.45, 7) is 1.61. The molecule has 5 atom stereocenters. The summed E-state index contributed by atoms with van der Waals surface area (Å²) < 4.78 is 32.0. The van der Waals surface area contributed by atoms with Crippen molar-refractivity contribution in [1.82, 2.24) is 28.0 Å². The van der Waals surface area contributed by atoms with Crippen molar-refractivity contribution in [3.8, 4) is 0 Å². The number of carbonyl (C=O) groups is 1. The van der Waals surface area contributed by atoms with Crippen LogP contribution in [-0.4, -0.2) is 73.1 Å². The summed E-state index contributed by atoms with van der Waals surface area (Å²) in [6.07, 6.45) is -0.700. The van der Waals surface area contributed by atoms with Gasteiger partial charge in [-0.15, -0.1) is 0 Å². The maximum Gasteiger partial charge on any atom is 0.466 e. The highest BCUT2D eigenvalue weighted by molar-refractivity contribution is 7.45. The highest BCUT2D eigenvalue weighted by Crippen LogP contribution is 2.33. The van der Waals surface area contributed by atoms with E-state index in [4.69, 9.17) is 38.2 Å². The number of esters is 1. The van der Waals surface area contributed by atoms with Crippen LogP contribution in [-0.2, 0) is 28.3 Å². The zero-order valence-electron chi connectivity index (χ0n) is 18.6. The van der Waals surface area contributed by atoms with Crippen molar-refractivity contribution in [3.63, 3.8) is 0 Å². The molecule has 200 valence electrons. The number of aromatic amines is 1. The molecule has 0 aliphatic carbocycles. The van der Waals surface area contributed by atoms with E-state index < -0.39 is 55.9 Å². The molecule has 1 unspecified atom stereocenters. The zero-order valence-corrected chi connectivity index (χ0v) is 19.5. The van der Waals surface area contributed by atoms with Crippen molar-refractivity contribution in [1.29, 1.82) is 0 Å². The van der Waals surface area contributed by atoms with Crippen molar-refractivity contribution < 1.29 is 48.1 Å². The van der Waals surface area contributed by atoms with Crippen LogP contribution in [0.2, 0.25) is 0 Å². The molecule has 0 bridgehead atoms. The highest BCUT2D eigenvalue weighted by Gasteiger charge is 2.47. The van der Waals surface area contributed by atoms with Gasteiger partial charge in [-0.05, 0) is 19.3 Å².